The van der Waals surface area contributed by atoms with E-state index in [2.05, 4.69) is 9.97 Å². The van der Waals surface area contributed by atoms with Gasteiger partial charge in [0.25, 0.3) is 11.5 Å². The van der Waals surface area contributed by atoms with Crippen LogP contribution >= 0.6 is 0 Å². The highest BCUT2D eigenvalue weighted by Crippen LogP contribution is 2.32. The van der Waals surface area contributed by atoms with E-state index in [1.54, 1.807) is 0 Å². The van der Waals surface area contributed by atoms with Crippen molar-refractivity contribution < 1.29 is 27.5 Å². The topological polar surface area (TPSA) is 95.6 Å². The summed E-state index contributed by atoms with van der Waals surface area (Å²) in [4.78, 5) is 47.4. The number of esters is 1. The number of aromatic nitrogens is 2. The van der Waals surface area contributed by atoms with Gasteiger partial charge in [0, 0.05) is 26.2 Å². The number of nitrogens with one attached hydrogen (secondary N) is 1. The summed E-state index contributed by atoms with van der Waals surface area (Å²) < 4.78 is 44.5. The van der Waals surface area contributed by atoms with Crippen molar-refractivity contribution in [3.8, 4) is 0 Å². The van der Waals surface area contributed by atoms with Crippen LogP contribution in [-0.2, 0) is 17.5 Å². The summed E-state index contributed by atoms with van der Waals surface area (Å²) >= 11 is 0. The van der Waals surface area contributed by atoms with Gasteiger partial charge in [-0.2, -0.15) is 13.2 Å². The van der Waals surface area contributed by atoms with E-state index in [-0.39, 0.29) is 36.3 Å². The molecule has 1 aliphatic heterocycles. The number of ether oxygens (including phenoxy) is 1. The molecule has 0 aliphatic carbocycles. The second-order valence-electron chi connectivity index (χ2n) is 7.85. The summed E-state index contributed by atoms with van der Waals surface area (Å²) in [5.41, 5.74) is -1.06. The molecule has 2 heterocycles. The second-order valence-corrected chi connectivity index (χ2v) is 7.85. The summed E-state index contributed by atoms with van der Waals surface area (Å²) in [6.45, 7) is 1.52. The first kappa shape index (κ1) is 23.4. The average Bonchev–Trinajstić information content (AvgIpc) is 2.82. The maximum absolute atomic E-state index is 13.3. The van der Waals surface area contributed by atoms with Gasteiger partial charge in [-0.3, -0.25) is 14.5 Å². The minimum Gasteiger partial charge on any atom is -0.465 e. The van der Waals surface area contributed by atoms with Crippen LogP contribution in [-0.4, -0.2) is 64.9 Å². The highest BCUT2D eigenvalue weighted by molar-refractivity contribution is 5.96. The van der Waals surface area contributed by atoms with Crippen molar-refractivity contribution in [2.24, 2.45) is 0 Å². The van der Waals surface area contributed by atoms with Crippen LogP contribution in [0, 0.1) is 0 Å². The SMILES string of the molecule is COC(=O)c1ccc2c(=O)[nH]c(CN3CCN(C(=O)c4ccccc4C(F)(F)F)CC3)nc2c1. The van der Waals surface area contributed by atoms with Crippen molar-refractivity contribution >= 4 is 22.8 Å². The molecule has 1 fully saturated rings. The fourth-order valence-corrected chi connectivity index (χ4v) is 3.92. The molecule has 1 aliphatic rings. The number of benzene rings is 2. The molecule has 34 heavy (non-hydrogen) atoms. The Hall–Kier alpha value is -3.73. The molecule has 0 atom stereocenters. The normalized spacial score (nSPS) is 14.9. The van der Waals surface area contributed by atoms with Gasteiger partial charge in [0.05, 0.1) is 41.2 Å². The number of methoxy groups -OCH3 is 1. The van der Waals surface area contributed by atoms with Gasteiger partial charge in [-0.1, -0.05) is 12.1 Å². The van der Waals surface area contributed by atoms with E-state index < -0.39 is 23.6 Å². The Balaban J connectivity index is 1.46. The summed E-state index contributed by atoms with van der Waals surface area (Å²) in [5, 5.41) is 0.329. The summed E-state index contributed by atoms with van der Waals surface area (Å²) in [6, 6.07) is 9.21. The molecule has 0 saturated carbocycles. The second kappa shape index (κ2) is 9.26. The molecule has 11 heteroatoms. The Bertz CT molecular complexity index is 1300. The summed E-state index contributed by atoms with van der Waals surface area (Å²) in [7, 11) is 1.26. The van der Waals surface area contributed by atoms with Crippen molar-refractivity contribution in [1.29, 1.82) is 0 Å². The molecule has 0 bridgehead atoms. The number of piperazine rings is 1. The molecule has 178 valence electrons. The van der Waals surface area contributed by atoms with E-state index >= 15 is 0 Å². The maximum atomic E-state index is 13.3. The van der Waals surface area contributed by atoms with Crippen LogP contribution < -0.4 is 5.56 Å². The summed E-state index contributed by atoms with van der Waals surface area (Å²) in [6.07, 6.45) is -4.62. The van der Waals surface area contributed by atoms with E-state index in [9.17, 15) is 27.6 Å². The quantitative estimate of drug-likeness (QED) is 0.585. The number of halogens is 3. The van der Waals surface area contributed by atoms with E-state index in [1.165, 1.54) is 48.4 Å². The van der Waals surface area contributed by atoms with Crippen molar-refractivity contribution in [3.63, 3.8) is 0 Å². The monoisotopic (exact) mass is 474 g/mol. The van der Waals surface area contributed by atoms with E-state index in [1.807, 2.05) is 4.90 Å². The third kappa shape index (κ3) is 4.79. The smallest absolute Gasteiger partial charge is 0.417 e. The minimum atomic E-state index is -4.62. The standard InChI is InChI=1S/C23H21F3N4O4/c1-34-22(33)14-6-7-16-18(12-14)27-19(28-20(16)31)13-29-8-10-30(11-9-29)21(32)15-4-2-3-5-17(15)23(24,25)26/h2-7,12H,8-11,13H2,1H3,(H,27,28,31). The number of aromatic amines is 1. The average molecular weight is 474 g/mol. The number of amides is 1. The number of hydrogen-bond acceptors (Lipinski definition) is 6. The molecule has 0 unspecified atom stereocenters. The van der Waals surface area contributed by atoms with Gasteiger partial charge in [0.1, 0.15) is 5.82 Å². The zero-order chi connectivity index (χ0) is 24.5. The number of nitrogens with zero attached hydrogens (tertiary/aromatic N) is 3. The molecule has 4 rings (SSSR count). The maximum Gasteiger partial charge on any atom is 0.417 e. The lowest BCUT2D eigenvalue weighted by molar-refractivity contribution is -0.138. The van der Waals surface area contributed by atoms with Gasteiger partial charge in [-0.15, -0.1) is 0 Å². The molecular weight excluding hydrogens is 453 g/mol. The Kier molecular flexibility index (Phi) is 6.38. The summed E-state index contributed by atoms with van der Waals surface area (Å²) in [5.74, 6) is -0.833. The number of alkyl halides is 3. The number of rotatable bonds is 4. The van der Waals surface area contributed by atoms with Crippen LogP contribution in [0.3, 0.4) is 0 Å². The van der Waals surface area contributed by atoms with Crippen molar-refractivity contribution in [3.05, 3.63) is 75.3 Å². The number of H-pyrrole nitrogens is 1. The lowest BCUT2D eigenvalue weighted by Gasteiger charge is -2.34. The van der Waals surface area contributed by atoms with Crippen LogP contribution in [0.15, 0.2) is 47.3 Å². The van der Waals surface area contributed by atoms with Gasteiger partial charge in [0.15, 0.2) is 0 Å². The van der Waals surface area contributed by atoms with Gasteiger partial charge in [-0.25, -0.2) is 9.78 Å². The van der Waals surface area contributed by atoms with Crippen LogP contribution in [0.1, 0.15) is 32.1 Å². The Morgan fingerprint density at radius 3 is 2.47 bits per heavy atom. The zero-order valence-corrected chi connectivity index (χ0v) is 18.2. The first-order valence-corrected chi connectivity index (χ1v) is 10.5. The van der Waals surface area contributed by atoms with Crippen LogP contribution in [0.5, 0.6) is 0 Å². The number of hydrogen-bond donors (Lipinski definition) is 1. The Morgan fingerprint density at radius 1 is 1.09 bits per heavy atom. The molecule has 1 amide bonds. The molecule has 3 aromatic rings. The third-order valence-electron chi connectivity index (χ3n) is 5.67. The van der Waals surface area contributed by atoms with Crippen LogP contribution in [0.2, 0.25) is 0 Å². The number of fused-ring (bicyclic) bond motifs is 1. The fourth-order valence-electron chi connectivity index (χ4n) is 3.92. The molecule has 0 spiro atoms. The van der Waals surface area contributed by atoms with Crippen LogP contribution in [0.25, 0.3) is 10.9 Å². The van der Waals surface area contributed by atoms with Gasteiger partial charge in [0.2, 0.25) is 0 Å². The number of carbonyl (C=O) groups is 2. The predicted molar refractivity (Wildman–Crippen MR) is 116 cm³/mol. The molecule has 1 N–H and O–H groups in total. The highest BCUT2D eigenvalue weighted by atomic mass is 19.4. The third-order valence-corrected chi connectivity index (χ3v) is 5.67. The van der Waals surface area contributed by atoms with Crippen LogP contribution in [0.4, 0.5) is 13.2 Å². The number of carbonyl (C=O) groups excluding carboxylic acids is 2. The zero-order valence-electron chi connectivity index (χ0n) is 18.2. The van der Waals surface area contributed by atoms with Gasteiger partial charge >= 0.3 is 12.1 Å². The lowest BCUT2D eigenvalue weighted by atomic mass is 10.1. The van der Waals surface area contributed by atoms with Crippen molar-refractivity contribution in [1.82, 2.24) is 19.8 Å². The predicted octanol–water partition coefficient (Wildman–Crippen LogP) is 2.69. The first-order chi connectivity index (χ1) is 16.2. The van der Waals surface area contributed by atoms with Gasteiger partial charge < -0.3 is 14.6 Å². The molecule has 1 saturated heterocycles. The van der Waals surface area contributed by atoms with E-state index in [4.69, 9.17) is 4.74 Å². The van der Waals surface area contributed by atoms with Crippen molar-refractivity contribution in [2.45, 2.75) is 12.7 Å². The first-order valence-electron chi connectivity index (χ1n) is 10.5. The molecule has 1 aromatic heterocycles. The molecule has 2 aromatic carbocycles. The fraction of sp³-hybridized carbons (Fsp3) is 0.304. The Labute approximate surface area is 192 Å². The van der Waals surface area contributed by atoms with Gasteiger partial charge in [-0.05, 0) is 30.3 Å². The highest BCUT2D eigenvalue weighted by Gasteiger charge is 2.36. The van der Waals surface area contributed by atoms with Crippen molar-refractivity contribution in [2.75, 3.05) is 33.3 Å². The minimum absolute atomic E-state index is 0.231. The largest absolute Gasteiger partial charge is 0.465 e. The molecule has 0 radical (unpaired) electrons. The molecule has 8 nitrogen and oxygen atoms in total. The van der Waals surface area contributed by atoms with E-state index in [0.717, 1.165) is 6.07 Å². The lowest BCUT2D eigenvalue weighted by Crippen LogP contribution is -2.48. The molecular formula is C23H21F3N4O4. The van der Waals surface area contributed by atoms with E-state index in [0.29, 0.717) is 29.8 Å². The Morgan fingerprint density at radius 2 is 1.79 bits per heavy atom.